The summed E-state index contributed by atoms with van der Waals surface area (Å²) in [6.07, 6.45) is 0.976. The normalized spacial score (nSPS) is 13.4. The molecule has 0 aliphatic heterocycles. The van der Waals surface area contributed by atoms with E-state index in [-0.39, 0.29) is 5.67 Å². The first-order chi connectivity index (χ1) is 11.6. The van der Waals surface area contributed by atoms with Crippen molar-refractivity contribution in [1.29, 1.82) is 0 Å². The summed E-state index contributed by atoms with van der Waals surface area (Å²) in [5.41, 5.74) is 1.38. The van der Waals surface area contributed by atoms with Crippen LogP contribution < -0.4 is 5.32 Å². The molecule has 1 unspecified atom stereocenters. The van der Waals surface area contributed by atoms with E-state index < -0.39 is 8.56 Å². The molecule has 0 amide bonds. The fourth-order valence-corrected chi connectivity index (χ4v) is 7.30. The number of hydrogen-bond donors (Lipinski definition) is 1. The van der Waals surface area contributed by atoms with Gasteiger partial charge in [0.1, 0.15) is 0 Å². The minimum atomic E-state index is -2.44. The molecular formula is C19H35NO3Si. The van der Waals surface area contributed by atoms with Gasteiger partial charge in [0.15, 0.2) is 0 Å². The molecule has 1 aromatic rings. The molecule has 1 N–H and O–H groups in total. The van der Waals surface area contributed by atoms with E-state index in [1.54, 1.807) is 7.11 Å². The van der Waals surface area contributed by atoms with E-state index in [2.05, 4.69) is 63.3 Å². The van der Waals surface area contributed by atoms with Crippen LogP contribution in [0.25, 0.3) is 0 Å². The lowest BCUT2D eigenvalue weighted by atomic mass is 10.2. The van der Waals surface area contributed by atoms with Gasteiger partial charge in [-0.3, -0.25) is 0 Å². The molecule has 0 spiro atoms. The quantitative estimate of drug-likeness (QED) is 0.429. The van der Waals surface area contributed by atoms with Gasteiger partial charge < -0.3 is 18.9 Å². The number of rotatable bonds is 13. The van der Waals surface area contributed by atoms with Crippen molar-refractivity contribution >= 4 is 8.56 Å². The molecule has 0 aliphatic rings. The van der Waals surface area contributed by atoms with Crippen LogP contribution in [0.1, 0.15) is 45.3 Å². The Bertz CT molecular complexity index is 422. The lowest BCUT2D eigenvalue weighted by Crippen LogP contribution is -2.55. The molecule has 0 fully saturated rings. The third-order valence-corrected chi connectivity index (χ3v) is 8.27. The van der Waals surface area contributed by atoms with Crippen molar-refractivity contribution in [2.75, 3.05) is 33.5 Å². The van der Waals surface area contributed by atoms with Gasteiger partial charge in [-0.15, -0.1) is 0 Å². The Balaban J connectivity index is 3.11. The van der Waals surface area contributed by atoms with Crippen LogP contribution in [0.4, 0.5) is 0 Å². The van der Waals surface area contributed by atoms with Gasteiger partial charge in [-0.2, -0.15) is 0 Å². The average molecular weight is 354 g/mol. The van der Waals surface area contributed by atoms with Crippen molar-refractivity contribution in [2.24, 2.45) is 5.92 Å². The van der Waals surface area contributed by atoms with Crippen molar-refractivity contribution in [3.8, 4) is 0 Å². The third-order valence-electron chi connectivity index (χ3n) is 3.92. The summed E-state index contributed by atoms with van der Waals surface area (Å²) in [6.45, 7) is 11.6. The Morgan fingerprint density at radius 2 is 1.67 bits per heavy atom. The zero-order chi connectivity index (χ0) is 17.8. The molecule has 24 heavy (non-hydrogen) atoms. The zero-order valence-electron chi connectivity index (χ0n) is 16.0. The number of nitrogens with one attached hydrogen (secondary N) is 1. The van der Waals surface area contributed by atoms with Gasteiger partial charge in [0.2, 0.25) is 0 Å². The Hall–Kier alpha value is -0.723. The first-order valence-electron chi connectivity index (χ1n) is 9.14. The van der Waals surface area contributed by atoms with Gasteiger partial charge in [0.25, 0.3) is 0 Å². The van der Waals surface area contributed by atoms with Crippen LogP contribution in [0, 0.1) is 5.92 Å². The highest BCUT2D eigenvalue weighted by atomic mass is 28.4. The fraction of sp³-hybridized carbons (Fsp3) is 0.684. The smallest absolute Gasteiger partial charge is 0.360 e. The van der Waals surface area contributed by atoms with Crippen molar-refractivity contribution in [2.45, 2.75) is 45.8 Å². The van der Waals surface area contributed by atoms with Crippen molar-refractivity contribution in [1.82, 2.24) is 5.32 Å². The standard InChI is InChI=1S/C19H35NO3Si/c1-6-22-24(23-7-2,16-17(3)4)19(20-14-11-15-21-5)18-12-9-8-10-13-18/h8-10,12-13,17,19-20H,6-7,11,14-16H2,1-5H3. The molecule has 0 saturated heterocycles. The molecule has 0 aromatic heterocycles. The minimum Gasteiger partial charge on any atom is -0.393 e. The van der Waals surface area contributed by atoms with Crippen LogP contribution in [-0.4, -0.2) is 42.0 Å². The molecule has 5 heteroatoms. The monoisotopic (exact) mass is 353 g/mol. The summed E-state index contributed by atoms with van der Waals surface area (Å²) >= 11 is 0. The summed E-state index contributed by atoms with van der Waals surface area (Å²) in [5, 5.41) is 3.72. The first-order valence-corrected chi connectivity index (χ1v) is 11.2. The van der Waals surface area contributed by atoms with Crippen molar-refractivity contribution < 1.29 is 13.6 Å². The maximum Gasteiger partial charge on any atom is 0.360 e. The minimum absolute atomic E-state index is 0.123. The lowest BCUT2D eigenvalue weighted by Gasteiger charge is -2.39. The average Bonchev–Trinajstić information content (AvgIpc) is 2.55. The first kappa shape index (κ1) is 21.3. The van der Waals surface area contributed by atoms with E-state index in [0.717, 1.165) is 25.6 Å². The third kappa shape index (κ3) is 6.65. The number of hydrogen-bond acceptors (Lipinski definition) is 4. The molecule has 1 aromatic carbocycles. The number of methoxy groups -OCH3 is 1. The molecule has 4 nitrogen and oxygen atoms in total. The van der Waals surface area contributed by atoms with Gasteiger partial charge in [-0.05, 0) is 44.3 Å². The summed E-state index contributed by atoms with van der Waals surface area (Å²) in [5.74, 6) is 0.529. The van der Waals surface area contributed by atoms with Gasteiger partial charge in [-0.1, -0.05) is 44.2 Å². The molecule has 0 radical (unpaired) electrons. The van der Waals surface area contributed by atoms with Crippen molar-refractivity contribution in [3.05, 3.63) is 35.9 Å². The molecule has 0 bridgehead atoms. The number of benzene rings is 1. The second kappa shape index (κ2) is 11.8. The van der Waals surface area contributed by atoms with Crippen LogP contribution in [-0.2, 0) is 13.6 Å². The van der Waals surface area contributed by atoms with E-state index in [9.17, 15) is 0 Å². The van der Waals surface area contributed by atoms with E-state index >= 15 is 0 Å². The Morgan fingerprint density at radius 1 is 1.04 bits per heavy atom. The Kier molecular flexibility index (Phi) is 10.5. The van der Waals surface area contributed by atoms with Crippen LogP contribution in [0.5, 0.6) is 0 Å². The highest BCUT2D eigenvalue weighted by Crippen LogP contribution is 2.33. The maximum atomic E-state index is 6.38. The molecule has 1 atom stereocenters. The lowest BCUT2D eigenvalue weighted by molar-refractivity contribution is 0.161. The van der Waals surface area contributed by atoms with Gasteiger partial charge in [0, 0.05) is 26.9 Å². The van der Waals surface area contributed by atoms with E-state index in [0.29, 0.717) is 19.1 Å². The molecule has 0 heterocycles. The zero-order valence-corrected chi connectivity index (χ0v) is 17.0. The second-order valence-corrected chi connectivity index (χ2v) is 9.61. The topological polar surface area (TPSA) is 39.7 Å². The highest BCUT2D eigenvalue weighted by Gasteiger charge is 2.46. The Labute approximate surface area is 149 Å². The van der Waals surface area contributed by atoms with Crippen LogP contribution in [0.2, 0.25) is 6.04 Å². The molecule has 138 valence electrons. The van der Waals surface area contributed by atoms with Gasteiger partial charge >= 0.3 is 8.56 Å². The SMILES string of the molecule is CCO[Si](CC(C)C)(OCC)C(NCCCOC)c1ccccc1. The van der Waals surface area contributed by atoms with Gasteiger partial charge in [-0.25, -0.2) is 0 Å². The molecule has 1 rings (SSSR count). The van der Waals surface area contributed by atoms with Crippen LogP contribution in [0.3, 0.4) is 0 Å². The summed E-state index contributed by atoms with van der Waals surface area (Å²) in [7, 11) is -0.698. The largest absolute Gasteiger partial charge is 0.393 e. The molecular weight excluding hydrogens is 318 g/mol. The molecule has 0 aliphatic carbocycles. The van der Waals surface area contributed by atoms with Crippen LogP contribution >= 0.6 is 0 Å². The summed E-state index contributed by atoms with van der Waals surface area (Å²) < 4.78 is 17.9. The van der Waals surface area contributed by atoms with Gasteiger partial charge in [0.05, 0.1) is 5.67 Å². The fourth-order valence-electron chi connectivity index (χ4n) is 3.14. The predicted octanol–water partition coefficient (Wildman–Crippen LogP) is 4.06. The summed E-state index contributed by atoms with van der Waals surface area (Å²) in [4.78, 5) is 0. The predicted molar refractivity (Wildman–Crippen MR) is 102 cm³/mol. The summed E-state index contributed by atoms with van der Waals surface area (Å²) in [6, 6.07) is 11.6. The van der Waals surface area contributed by atoms with E-state index in [4.69, 9.17) is 13.6 Å². The Morgan fingerprint density at radius 3 is 2.17 bits per heavy atom. The second-order valence-electron chi connectivity index (χ2n) is 6.42. The maximum absolute atomic E-state index is 6.38. The van der Waals surface area contributed by atoms with E-state index in [1.807, 2.05) is 0 Å². The van der Waals surface area contributed by atoms with Crippen LogP contribution in [0.15, 0.2) is 30.3 Å². The van der Waals surface area contributed by atoms with E-state index in [1.165, 1.54) is 5.56 Å². The highest BCUT2D eigenvalue weighted by molar-refractivity contribution is 6.69. The molecule has 0 saturated carbocycles. The van der Waals surface area contributed by atoms with Crippen molar-refractivity contribution in [3.63, 3.8) is 0 Å². The number of ether oxygens (including phenoxy) is 1.